The van der Waals surface area contributed by atoms with Crippen LogP contribution in [-0.4, -0.2) is 0 Å². The van der Waals surface area contributed by atoms with E-state index in [1.807, 2.05) is 19.1 Å². The van der Waals surface area contributed by atoms with Crippen LogP contribution in [-0.2, 0) is 6.42 Å². The zero-order chi connectivity index (χ0) is 12.4. The Kier molecular flexibility index (Phi) is 4.23. The summed E-state index contributed by atoms with van der Waals surface area (Å²) in [6, 6.07) is 8.62. The third-order valence-corrected chi connectivity index (χ3v) is 5.26. The maximum atomic E-state index is 13.0. The van der Waals surface area contributed by atoms with Gasteiger partial charge in [0, 0.05) is 14.2 Å². The number of halogens is 3. The predicted molar refractivity (Wildman–Crippen MR) is 75.5 cm³/mol. The highest BCUT2D eigenvalue weighted by Gasteiger charge is 2.13. The van der Waals surface area contributed by atoms with Crippen LogP contribution in [0.4, 0.5) is 4.39 Å². The Morgan fingerprint density at radius 2 is 2.18 bits per heavy atom. The fourth-order valence-corrected chi connectivity index (χ4v) is 3.52. The lowest BCUT2D eigenvalue weighted by Crippen LogP contribution is -1.93. The van der Waals surface area contributed by atoms with Crippen LogP contribution in [0, 0.1) is 12.7 Å². The molecule has 0 saturated carbocycles. The second-order valence-electron chi connectivity index (χ2n) is 3.85. The molecule has 0 aliphatic rings. The number of hydrogen-bond acceptors (Lipinski definition) is 1. The molecule has 0 amide bonds. The fraction of sp³-hybridized carbons (Fsp3) is 0.231. The van der Waals surface area contributed by atoms with Crippen molar-refractivity contribution in [3.8, 4) is 0 Å². The van der Waals surface area contributed by atoms with Crippen molar-refractivity contribution < 1.29 is 4.39 Å². The molecule has 2 rings (SSSR count). The van der Waals surface area contributed by atoms with Gasteiger partial charge in [-0.2, -0.15) is 0 Å². The zero-order valence-electron chi connectivity index (χ0n) is 9.21. The highest BCUT2D eigenvalue weighted by atomic mass is 79.9. The smallest absolute Gasteiger partial charge is 0.123 e. The van der Waals surface area contributed by atoms with Crippen LogP contribution in [0.25, 0.3) is 0 Å². The van der Waals surface area contributed by atoms with Gasteiger partial charge in [-0.3, -0.25) is 0 Å². The Morgan fingerprint density at radius 3 is 2.76 bits per heavy atom. The molecule has 0 aliphatic heterocycles. The van der Waals surface area contributed by atoms with Crippen LogP contribution in [0.2, 0.25) is 0 Å². The molecule has 2 aromatic rings. The Balaban J connectivity index is 2.14. The molecule has 0 bridgehead atoms. The third kappa shape index (κ3) is 3.30. The van der Waals surface area contributed by atoms with E-state index in [1.54, 1.807) is 17.4 Å². The van der Waals surface area contributed by atoms with Crippen molar-refractivity contribution in [2.24, 2.45) is 0 Å². The number of rotatable bonds is 3. The largest absolute Gasteiger partial charge is 0.207 e. The molecular formula is C13H11BrClFS. The monoisotopic (exact) mass is 332 g/mol. The van der Waals surface area contributed by atoms with Gasteiger partial charge in [0.15, 0.2) is 0 Å². The molecule has 17 heavy (non-hydrogen) atoms. The normalized spacial score (nSPS) is 12.7. The topological polar surface area (TPSA) is 0 Å². The van der Waals surface area contributed by atoms with Crippen LogP contribution in [0.5, 0.6) is 0 Å². The molecule has 4 heteroatoms. The average Bonchev–Trinajstić information content (AvgIpc) is 2.59. The summed E-state index contributed by atoms with van der Waals surface area (Å²) >= 11 is 11.5. The van der Waals surface area contributed by atoms with Crippen LogP contribution in [0.15, 0.2) is 34.8 Å². The lowest BCUT2D eigenvalue weighted by atomic mass is 10.1. The summed E-state index contributed by atoms with van der Waals surface area (Å²) < 4.78 is 14.1. The molecule has 1 aromatic carbocycles. The Labute approximate surface area is 118 Å². The summed E-state index contributed by atoms with van der Waals surface area (Å²) in [6.07, 6.45) is 0.645. The summed E-state index contributed by atoms with van der Waals surface area (Å²) in [5, 5.41) is -0.105. The van der Waals surface area contributed by atoms with Crippen molar-refractivity contribution in [1.29, 1.82) is 0 Å². The Morgan fingerprint density at radius 1 is 1.41 bits per heavy atom. The number of alkyl halides is 1. The molecule has 0 N–H and O–H groups in total. The summed E-state index contributed by atoms with van der Waals surface area (Å²) in [5.74, 6) is -0.213. The molecule has 0 spiro atoms. The van der Waals surface area contributed by atoms with E-state index in [0.29, 0.717) is 6.42 Å². The van der Waals surface area contributed by atoms with E-state index >= 15 is 0 Å². The number of thiophene rings is 1. The summed E-state index contributed by atoms with van der Waals surface area (Å²) in [6.45, 7) is 2.05. The van der Waals surface area contributed by atoms with Gasteiger partial charge in [0.25, 0.3) is 0 Å². The van der Waals surface area contributed by atoms with Crippen LogP contribution in [0.3, 0.4) is 0 Å². The van der Waals surface area contributed by atoms with E-state index in [0.717, 1.165) is 14.9 Å². The minimum absolute atomic E-state index is 0.105. The maximum absolute atomic E-state index is 13.0. The lowest BCUT2D eigenvalue weighted by Gasteiger charge is -2.07. The van der Waals surface area contributed by atoms with E-state index in [4.69, 9.17) is 11.6 Å². The van der Waals surface area contributed by atoms with Crippen LogP contribution < -0.4 is 0 Å². The average molecular weight is 334 g/mol. The van der Waals surface area contributed by atoms with Gasteiger partial charge in [-0.15, -0.1) is 22.9 Å². The fourth-order valence-electron chi connectivity index (χ4n) is 1.61. The van der Waals surface area contributed by atoms with Gasteiger partial charge in [0.2, 0.25) is 0 Å². The first-order valence-electron chi connectivity index (χ1n) is 5.20. The van der Waals surface area contributed by atoms with E-state index < -0.39 is 0 Å². The third-order valence-electron chi connectivity index (χ3n) is 2.49. The Bertz CT molecular complexity index is 504. The maximum Gasteiger partial charge on any atom is 0.123 e. The minimum atomic E-state index is -0.213. The molecule has 0 fully saturated rings. The summed E-state index contributed by atoms with van der Waals surface area (Å²) in [7, 11) is 0. The van der Waals surface area contributed by atoms with Gasteiger partial charge >= 0.3 is 0 Å². The van der Waals surface area contributed by atoms with Crippen molar-refractivity contribution in [2.45, 2.75) is 18.7 Å². The zero-order valence-corrected chi connectivity index (χ0v) is 12.4. The lowest BCUT2D eigenvalue weighted by molar-refractivity contribution is 0.625. The molecule has 1 heterocycles. The molecular weight excluding hydrogens is 323 g/mol. The van der Waals surface area contributed by atoms with Crippen molar-refractivity contribution in [3.05, 3.63) is 55.9 Å². The van der Waals surface area contributed by atoms with Gasteiger partial charge in [0.05, 0.1) is 5.38 Å². The first-order valence-corrected chi connectivity index (χ1v) is 7.25. The standard InChI is InChI=1S/C13H11BrClFS/c1-8-11(14)7-13(17-8)12(15)6-9-3-2-4-10(16)5-9/h2-5,7,12H,6H2,1H3. The minimum Gasteiger partial charge on any atom is -0.207 e. The highest BCUT2D eigenvalue weighted by molar-refractivity contribution is 9.10. The SMILES string of the molecule is Cc1sc(C(Cl)Cc2cccc(F)c2)cc1Br. The Hall–Kier alpha value is -0.380. The first-order chi connectivity index (χ1) is 8.06. The van der Waals surface area contributed by atoms with Crippen molar-refractivity contribution in [2.75, 3.05) is 0 Å². The number of benzene rings is 1. The predicted octanol–water partition coefficient (Wildman–Crippen LogP) is 5.48. The van der Waals surface area contributed by atoms with Gasteiger partial charge in [-0.1, -0.05) is 12.1 Å². The van der Waals surface area contributed by atoms with Crippen molar-refractivity contribution in [3.63, 3.8) is 0 Å². The second-order valence-corrected chi connectivity index (χ2v) is 6.52. The van der Waals surface area contributed by atoms with Crippen LogP contribution in [0.1, 0.15) is 20.7 Å². The van der Waals surface area contributed by atoms with Gasteiger partial charge < -0.3 is 0 Å². The summed E-state index contributed by atoms with van der Waals surface area (Å²) in [4.78, 5) is 2.32. The number of hydrogen-bond donors (Lipinski definition) is 0. The second kappa shape index (κ2) is 5.51. The van der Waals surface area contributed by atoms with Crippen molar-refractivity contribution in [1.82, 2.24) is 0 Å². The van der Waals surface area contributed by atoms with Gasteiger partial charge in [0.1, 0.15) is 5.82 Å². The van der Waals surface area contributed by atoms with Gasteiger partial charge in [-0.05, 0) is 53.0 Å². The molecule has 1 unspecified atom stereocenters. The van der Waals surface area contributed by atoms with E-state index in [-0.39, 0.29) is 11.2 Å². The van der Waals surface area contributed by atoms with E-state index in [2.05, 4.69) is 15.9 Å². The summed E-state index contributed by atoms with van der Waals surface area (Å²) in [5.41, 5.74) is 0.923. The van der Waals surface area contributed by atoms with Crippen molar-refractivity contribution >= 4 is 38.9 Å². The molecule has 0 aliphatic carbocycles. The molecule has 0 nitrogen and oxygen atoms in total. The molecule has 1 atom stereocenters. The molecule has 1 aromatic heterocycles. The molecule has 90 valence electrons. The molecule has 0 radical (unpaired) electrons. The van der Waals surface area contributed by atoms with Crippen LogP contribution >= 0.6 is 38.9 Å². The number of aryl methyl sites for hydroxylation is 1. The van der Waals surface area contributed by atoms with E-state index in [1.165, 1.54) is 17.0 Å². The van der Waals surface area contributed by atoms with Gasteiger partial charge in [-0.25, -0.2) is 4.39 Å². The molecule has 0 saturated heterocycles. The van der Waals surface area contributed by atoms with E-state index in [9.17, 15) is 4.39 Å². The highest BCUT2D eigenvalue weighted by Crippen LogP contribution is 2.35. The quantitative estimate of drug-likeness (QED) is 0.652. The first kappa shape index (κ1) is 13.1.